The fraction of sp³-hybridized carbons (Fsp3) is 0.182. The summed E-state index contributed by atoms with van der Waals surface area (Å²) in [5.74, 6) is 0. The number of hydrogen-bond acceptors (Lipinski definition) is 2. The molecule has 68 valence electrons. The predicted molar refractivity (Wildman–Crippen MR) is 56.7 cm³/mol. The van der Waals surface area contributed by atoms with E-state index in [1.165, 1.54) is 11.8 Å². The van der Waals surface area contributed by atoms with E-state index in [2.05, 4.69) is 0 Å². The SMILES string of the molecule is CC(C)=C(C=O)Sc1ccccc1. The number of rotatable bonds is 3. The van der Waals surface area contributed by atoms with Crippen LogP contribution in [0.1, 0.15) is 13.8 Å². The zero-order valence-corrected chi connectivity index (χ0v) is 8.60. The Morgan fingerprint density at radius 1 is 1.23 bits per heavy atom. The van der Waals surface area contributed by atoms with Gasteiger partial charge in [-0.3, -0.25) is 4.79 Å². The van der Waals surface area contributed by atoms with Crippen LogP contribution in [-0.2, 0) is 4.79 Å². The topological polar surface area (TPSA) is 17.1 Å². The van der Waals surface area contributed by atoms with Crippen molar-refractivity contribution in [3.05, 3.63) is 40.8 Å². The average molecular weight is 192 g/mol. The number of carbonyl (C=O) groups excluding carboxylic acids is 1. The Balaban J connectivity index is 2.80. The molecule has 0 fully saturated rings. The molecule has 0 aliphatic carbocycles. The minimum Gasteiger partial charge on any atom is -0.297 e. The molecular formula is C11H12OS. The van der Waals surface area contributed by atoms with Crippen LogP contribution in [0.4, 0.5) is 0 Å². The lowest BCUT2D eigenvalue weighted by atomic mass is 10.3. The number of thioether (sulfide) groups is 1. The minimum atomic E-state index is 0.797. The first-order valence-electron chi connectivity index (χ1n) is 4.09. The third kappa shape index (κ3) is 3.07. The molecule has 2 heteroatoms. The van der Waals surface area contributed by atoms with Crippen molar-refractivity contribution in [3.8, 4) is 0 Å². The molecule has 0 heterocycles. The van der Waals surface area contributed by atoms with E-state index >= 15 is 0 Å². The van der Waals surface area contributed by atoms with E-state index in [0.717, 1.165) is 21.7 Å². The normalized spacial score (nSPS) is 9.38. The van der Waals surface area contributed by atoms with Gasteiger partial charge in [-0.15, -0.1) is 0 Å². The Kier molecular flexibility index (Phi) is 3.77. The largest absolute Gasteiger partial charge is 0.297 e. The summed E-state index contributed by atoms with van der Waals surface area (Å²) < 4.78 is 0. The summed E-state index contributed by atoms with van der Waals surface area (Å²) in [4.78, 5) is 12.6. The summed E-state index contributed by atoms with van der Waals surface area (Å²) in [7, 11) is 0. The number of carbonyl (C=O) groups is 1. The van der Waals surface area contributed by atoms with Crippen molar-refractivity contribution in [2.45, 2.75) is 18.7 Å². The van der Waals surface area contributed by atoms with Crippen molar-refractivity contribution in [1.29, 1.82) is 0 Å². The zero-order valence-electron chi connectivity index (χ0n) is 7.78. The van der Waals surface area contributed by atoms with E-state index in [1.807, 2.05) is 44.2 Å². The Morgan fingerprint density at radius 3 is 2.31 bits per heavy atom. The second kappa shape index (κ2) is 4.87. The molecule has 0 aromatic heterocycles. The molecular weight excluding hydrogens is 180 g/mol. The van der Waals surface area contributed by atoms with Crippen LogP contribution in [0.2, 0.25) is 0 Å². The summed E-state index contributed by atoms with van der Waals surface area (Å²) >= 11 is 1.51. The van der Waals surface area contributed by atoms with Gasteiger partial charge in [0.1, 0.15) is 0 Å². The Hall–Kier alpha value is -1.02. The fourth-order valence-corrected chi connectivity index (χ4v) is 1.66. The highest BCUT2D eigenvalue weighted by Gasteiger charge is 1.99. The predicted octanol–water partition coefficient (Wildman–Crippen LogP) is 3.27. The van der Waals surface area contributed by atoms with Crippen LogP contribution in [0.15, 0.2) is 45.7 Å². The van der Waals surface area contributed by atoms with Gasteiger partial charge in [0.05, 0.1) is 4.91 Å². The first-order chi connectivity index (χ1) is 6.24. The average Bonchev–Trinajstić information content (AvgIpc) is 2.15. The van der Waals surface area contributed by atoms with Crippen LogP contribution in [0.25, 0.3) is 0 Å². The Morgan fingerprint density at radius 2 is 1.85 bits per heavy atom. The van der Waals surface area contributed by atoms with Crippen molar-refractivity contribution in [1.82, 2.24) is 0 Å². The highest BCUT2D eigenvalue weighted by atomic mass is 32.2. The third-order valence-electron chi connectivity index (χ3n) is 1.57. The molecule has 1 rings (SSSR count). The second-order valence-electron chi connectivity index (χ2n) is 2.90. The zero-order chi connectivity index (χ0) is 9.68. The Labute approximate surface area is 82.9 Å². The van der Waals surface area contributed by atoms with Crippen molar-refractivity contribution in [2.75, 3.05) is 0 Å². The highest BCUT2D eigenvalue weighted by molar-refractivity contribution is 8.04. The van der Waals surface area contributed by atoms with Crippen LogP contribution >= 0.6 is 11.8 Å². The van der Waals surface area contributed by atoms with Crippen molar-refractivity contribution >= 4 is 18.0 Å². The maximum atomic E-state index is 10.7. The van der Waals surface area contributed by atoms with Crippen LogP contribution in [0, 0.1) is 0 Å². The van der Waals surface area contributed by atoms with Crippen LogP contribution in [-0.4, -0.2) is 6.29 Å². The van der Waals surface area contributed by atoms with Gasteiger partial charge in [-0.25, -0.2) is 0 Å². The number of benzene rings is 1. The summed E-state index contributed by atoms with van der Waals surface area (Å²) in [6.07, 6.45) is 0.910. The molecule has 0 aliphatic heterocycles. The van der Waals surface area contributed by atoms with E-state index in [9.17, 15) is 4.79 Å². The standard InChI is InChI=1S/C11H12OS/c1-9(2)11(8-12)13-10-6-4-3-5-7-10/h3-8H,1-2H3. The Bertz CT molecular complexity index is 310. The highest BCUT2D eigenvalue weighted by Crippen LogP contribution is 2.26. The maximum Gasteiger partial charge on any atom is 0.156 e. The van der Waals surface area contributed by atoms with Gasteiger partial charge < -0.3 is 0 Å². The van der Waals surface area contributed by atoms with Crippen LogP contribution in [0.3, 0.4) is 0 Å². The third-order valence-corrected chi connectivity index (χ3v) is 2.80. The second-order valence-corrected chi connectivity index (χ2v) is 4.01. The van der Waals surface area contributed by atoms with E-state index in [-0.39, 0.29) is 0 Å². The molecule has 1 aromatic carbocycles. The quantitative estimate of drug-likeness (QED) is 0.415. The molecule has 0 atom stereocenters. The first kappa shape index (κ1) is 10.1. The lowest BCUT2D eigenvalue weighted by Crippen LogP contribution is -1.82. The number of allylic oxidation sites excluding steroid dienone is 2. The van der Waals surface area contributed by atoms with Crippen LogP contribution in [0.5, 0.6) is 0 Å². The summed E-state index contributed by atoms with van der Waals surface area (Å²) in [5, 5.41) is 0. The molecule has 0 saturated carbocycles. The molecule has 0 spiro atoms. The van der Waals surface area contributed by atoms with E-state index in [1.54, 1.807) is 0 Å². The fourth-order valence-electron chi connectivity index (χ4n) is 0.859. The maximum absolute atomic E-state index is 10.7. The van der Waals surface area contributed by atoms with Gasteiger partial charge in [-0.1, -0.05) is 35.5 Å². The molecule has 13 heavy (non-hydrogen) atoms. The molecule has 0 amide bonds. The van der Waals surface area contributed by atoms with Gasteiger partial charge in [0.25, 0.3) is 0 Å². The van der Waals surface area contributed by atoms with Crippen molar-refractivity contribution in [3.63, 3.8) is 0 Å². The monoisotopic (exact) mass is 192 g/mol. The van der Waals surface area contributed by atoms with E-state index in [0.29, 0.717) is 0 Å². The van der Waals surface area contributed by atoms with Gasteiger partial charge in [-0.05, 0) is 26.0 Å². The van der Waals surface area contributed by atoms with Gasteiger partial charge in [0, 0.05) is 4.90 Å². The molecule has 0 bridgehead atoms. The van der Waals surface area contributed by atoms with Gasteiger partial charge in [0.2, 0.25) is 0 Å². The summed E-state index contributed by atoms with van der Waals surface area (Å²) in [6, 6.07) is 9.90. The molecule has 0 saturated heterocycles. The number of aldehydes is 1. The van der Waals surface area contributed by atoms with E-state index < -0.39 is 0 Å². The van der Waals surface area contributed by atoms with Gasteiger partial charge in [-0.2, -0.15) is 0 Å². The van der Waals surface area contributed by atoms with Crippen LogP contribution < -0.4 is 0 Å². The molecule has 1 aromatic rings. The van der Waals surface area contributed by atoms with E-state index in [4.69, 9.17) is 0 Å². The molecule has 0 aliphatic rings. The lowest BCUT2D eigenvalue weighted by molar-refractivity contribution is -0.104. The molecule has 0 N–H and O–H groups in total. The van der Waals surface area contributed by atoms with Crippen molar-refractivity contribution < 1.29 is 4.79 Å². The smallest absolute Gasteiger partial charge is 0.156 e. The molecule has 1 nitrogen and oxygen atoms in total. The molecule has 0 radical (unpaired) electrons. The lowest BCUT2D eigenvalue weighted by Gasteiger charge is -2.01. The van der Waals surface area contributed by atoms with Gasteiger partial charge >= 0.3 is 0 Å². The van der Waals surface area contributed by atoms with Crippen molar-refractivity contribution in [2.24, 2.45) is 0 Å². The summed E-state index contributed by atoms with van der Waals surface area (Å²) in [5.41, 5.74) is 1.06. The first-order valence-corrected chi connectivity index (χ1v) is 4.91. The number of hydrogen-bond donors (Lipinski definition) is 0. The van der Waals surface area contributed by atoms with Gasteiger partial charge in [0.15, 0.2) is 6.29 Å². The minimum absolute atomic E-state index is 0.797. The summed E-state index contributed by atoms with van der Waals surface area (Å²) in [6.45, 7) is 3.89. The molecule has 0 unspecified atom stereocenters.